The van der Waals surface area contributed by atoms with Crippen molar-refractivity contribution in [1.82, 2.24) is 4.90 Å². The van der Waals surface area contributed by atoms with E-state index in [4.69, 9.17) is 0 Å². The predicted octanol–water partition coefficient (Wildman–Crippen LogP) is 2.03. The van der Waals surface area contributed by atoms with Crippen LogP contribution < -0.4 is 0 Å². The van der Waals surface area contributed by atoms with Gasteiger partial charge in [0.1, 0.15) is 12.0 Å². The molecule has 0 aromatic carbocycles. The van der Waals surface area contributed by atoms with Crippen molar-refractivity contribution in [2.24, 2.45) is 0 Å². The first-order valence-electron chi connectivity index (χ1n) is 5.03. The summed E-state index contributed by atoms with van der Waals surface area (Å²) in [6, 6.07) is -0.157. The van der Waals surface area contributed by atoms with Crippen molar-refractivity contribution < 1.29 is 9.18 Å². The zero-order valence-corrected chi connectivity index (χ0v) is 9.01. The second-order valence-corrected chi connectivity index (χ2v) is 3.05. The van der Waals surface area contributed by atoms with Crippen LogP contribution in [0.1, 0.15) is 34.1 Å². The van der Waals surface area contributed by atoms with Gasteiger partial charge in [0.25, 0.3) is 0 Å². The first-order chi connectivity index (χ1) is 6.15. The molecule has 0 spiro atoms. The van der Waals surface area contributed by atoms with E-state index in [-0.39, 0.29) is 11.8 Å². The Hall–Kier alpha value is -0.440. The number of likely N-dealkylation sites (tertiary alicyclic amines) is 1. The zero-order valence-electron chi connectivity index (χ0n) is 9.01. The molecule has 1 fully saturated rings. The van der Waals surface area contributed by atoms with Crippen LogP contribution >= 0.6 is 0 Å². The Kier molecular flexibility index (Phi) is 5.88. The van der Waals surface area contributed by atoms with E-state index in [1.807, 2.05) is 25.7 Å². The Morgan fingerprint density at radius 2 is 2.08 bits per heavy atom. The van der Waals surface area contributed by atoms with E-state index in [0.29, 0.717) is 13.0 Å². The average Bonchev–Trinajstić information content (AvgIpc) is 2.50. The molecule has 0 unspecified atom stereocenters. The molecule has 0 N–H and O–H groups in total. The highest BCUT2D eigenvalue weighted by Gasteiger charge is 2.33. The van der Waals surface area contributed by atoms with Crippen molar-refractivity contribution in [1.29, 1.82) is 0 Å². The molecule has 0 saturated carbocycles. The van der Waals surface area contributed by atoms with Crippen LogP contribution in [0.25, 0.3) is 0 Å². The molecule has 1 saturated heterocycles. The molecule has 2 atom stereocenters. The fourth-order valence-electron chi connectivity index (χ4n) is 1.62. The minimum absolute atomic E-state index is 0.0898. The monoisotopic (exact) mass is 189 g/mol. The zero-order chi connectivity index (χ0) is 10.4. The summed E-state index contributed by atoms with van der Waals surface area (Å²) in [5, 5.41) is 0. The molecule has 0 radical (unpaired) electrons. The van der Waals surface area contributed by atoms with Gasteiger partial charge in [0.2, 0.25) is 0 Å². The lowest BCUT2D eigenvalue weighted by Gasteiger charge is -2.18. The molecule has 0 bridgehead atoms. The molecule has 2 nitrogen and oxygen atoms in total. The molecule has 13 heavy (non-hydrogen) atoms. The Morgan fingerprint density at radius 1 is 1.54 bits per heavy atom. The fraction of sp³-hybridized carbons (Fsp3) is 0.900. The number of likely N-dealkylation sites (N-methyl/N-ethyl adjacent to an activating group) is 1. The highest BCUT2D eigenvalue weighted by atomic mass is 19.1. The number of halogens is 1. The Balaban J connectivity index is 0.000000671. The van der Waals surface area contributed by atoms with Gasteiger partial charge in [0.05, 0.1) is 6.04 Å². The lowest BCUT2D eigenvalue weighted by molar-refractivity contribution is -0.121. The van der Waals surface area contributed by atoms with E-state index < -0.39 is 6.17 Å². The molecule has 1 heterocycles. The van der Waals surface area contributed by atoms with Gasteiger partial charge >= 0.3 is 0 Å². The molecule has 0 amide bonds. The third-order valence-corrected chi connectivity index (χ3v) is 2.23. The smallest absolute Gasteiger partial charge is 0.147 e. The Bertz CT molecular complexity index is 161. The molecule has 78 valence electrons. The maximum absolute atomic E-state index is 12.8. The van der Waals surface area contributed by atoms with Gasteiger partial charge in [-0.3, -0.25) is 9.69 Å². The van der Waals surface area contributed by atoms with Gasteiger partial charge in [-0.1, -0.05) is 20.8 Å². The van der Waals surface area contributed by atoms with Crippen molar-refractivity contribution in [3.63, 3.8) is 0 Å². The molecule has 1 rings (SSSR count). The minimum atomic E-state index is -0.802. The van der Waals surface area contributed by atoms with Crippen molar-refractivity contribution in [2.75, 3.05) is 13.1 Å². The van der Waals surface area contributed by atoms with Crippen molar-refractivity contribution in [3.8, 4) is 0 Å². The molecule has 0 aliphatic carbocycles. The van der Waals surface area contributed by atoms with E-state index in [1.165, 1.54) is 6.92 Å². The summed E-state index contributed by atoms with van der Waals surface area (Å²) in [7, 11) is 0. The summed E-state index contributed by atoms with van der Waals surface area (Å²) in [5.74, 6) is 0.0898. The number of nitrogens with zero attached hydrogens (tertiary/aromatic N) is 1. The van der Waals surface area contributed by atoms with Gasteiger partial charge in [0, 0.05) is 13.0 Å². The number of Topliss-reactive ketones (excluding diaryl/α,β-unsaturated/α-hetero) is 1. The number of alkyl halides is 1. The predicted molar refractivity (Wildman–Crippen MR) is 52.6 cm³/mol. The van der Waals surface area contributed by atoms with Crippen LogP contribution in [0.5, 0.6) is 0 Å². The van der Waals surface area contributed by atoms with Crippen LogP contribution in [-0.2, 0) is 4.79 Å². The van der Waals surface area contributed by atoms with Crippen LogP contribution in [-0.4, -0.2) is 36.0 Å². The van der Waals surface area contributed by atoms with E-state index in [1.54, 1.807) is 0 Å². The number of hydrogen-bond acceptors (Lipinski definition) is 2. The van der Waals surface area contributed by atoms with Crippen LogP contribution in [0.3, 0.4) is 0 Å². The average molecular weight is 189 g/mol. The highest BCUT2D eigenvalue weighted by molar-refractivity contribution is 5.81. The largest absolute Gasteiger partial charge is 0.298 e. The maximum atomic E-state index is 12.8. The minimum Gasteiger partial charge on any atom is -0.298 e. The van der Waals surface area contributed by atoms with Crippen molar-refractivity contribution >= 4 is 5.78 Å². The molecular formula is C10H20FNO. The molecule has 1 aliphatic rings. The molecule has 0 aromatic heterocycles. The van der Waals surface area contributed by atoms with Crippen molar-refractivity contribution in [3.05, 3.63) is 0 Å². The lowest BCUT2D eigenvalue weighted by Crippen LogP contribution is -2.34. The number of carbonyl (C=O) groups excluding carboxylic acids is 1. The molecule has 3 heteroatoms. The lowest BCUT2D eigenvalue weighted by atomic mass is 10.1. The standard InChI is InChI=1S/C8H14FNO.C2H6/c1-3-10-5-7(9)4-8(10)6(2)11;1-2/h7-8H,3-5H2,1-2H3;1-2H3/t7-,8-;/m0./s1. The summed E-state index contributed by atoms with van der Waals surface area (Å²) in [6.07, 6.45) is -0.410. The van der Waals surface area contributed by atoms with Crippen LogP contribution in [0.2, 0.25) is 0 Å². The molecular weight excluding hydrogens is 169 g/mol. The van der Waals surface area contributed by atoms with E-state index in [9.17, 15) is 9.18 Å². The summed E-state index contributed by atoms with van der Waals surface area (Å²) >= 11 is 0. The summed E-state index contributed by atoms with van der Waals surface area (Å²) in [6.45, 7) is 8.69. The number of ketones is 1. The first kappa shape index (κ1) is 12.6. The Labute approximate surface area is 80.1 Å². The molecule has 0 aromatic rings. The second-order valence-electron chi connectivity index (χ2n) is 3.05. The normalized spacial score (nSPS) is 28.1. The second kappa shape index (κ2) is 6.08. The maximum Gasteiger partial charge on any atom is 0.147 e. The summed E-state index contributed by atoms with van der Waals surface area (Å²) in [4.78, 5) is 12.8. The fourth-order valence-corrected chi connectivity index (χ4v) is 1.62. The summed E-state index contributed by atoms with van der Waals surface area (Å²) in [5.41, 5.74) is 0. The summed E-state index contributed by atoms with van der Waals surface area (Å²) < 4.78 is 12.8. The third-order valence-electron chi connectivity index (χ3n) is 2.23. The van der Waals surface area contributed by atoms with Gasteiger partial charge in [-0.15, -0.1) is 0 Å². The van der Waals surface area contributed by atoms with Gasteiger partial charge in [-0.05, 0) is 13.5 Å². The van der Waals surface area contributed by atoms with E-state index >= 15 is 0 Å². The van der Waals surface area contributed by atoms with Gasteiger partial charge < -0.3 is 0 Å². The Morgan fingerprint density at radius 3 is 2.38 bits per heavy atom. The highest BCUT2D eigenvalue weighted by Crippen LogP contribution is 2.20. The number of carbonyl (C=O) groups is 1. The van der Waals surface area contributed by atoms with E-state index in [0.717, 1.165) is 6.54 Å². The van der Waals surface area contributed by atoms with Gasteiger partial charge in [0.15, 0.2) is 0 Å². The van der Waals surface area contributed by atoms with Crippen molar-refractivity contribution in [2.45, 2.75) is 46.3 Å². The molecule has 1 aliphatic heterocycles. The van der Waals surface area contributed by atoms with Crippen LogP contribution in [0.4, 0.5) is 4.39 Å². The quantitative estimate of drug-likeness (QED) is 0.662. The first-order valence-corrected chi connectivity index (χ1v) is 5.03. The van der Waals surface area contributed by atoms with Gasteiger partial charge in [-0.25, -0.2) is 4.39 Å². The van der Waals surface area contributed by atoms with E-state index in [2.05, 4.69) is 0 Å². The third kappa shape index (κ3) is 3.43. The SMILES string of the molecule is CC.CCN1C[C@@H](F)C[C@H]1C(C)=O. The topological polar surface area (TPSA) is 20.3 Å². The van der Waals surface area contributed by atoms with Crippen LogP contribution in [0.15, 0.2) is 0 Å². The van der Waals surface area contributed by atoms with Crippen LogP contribution in [0, 0.1) is 0 Å². The number of rotatable bonds is 2. The number of hydrogen-bond donors (Lipinski definition) is 0. The van der Waals surface area contributed by atoms with Gasteiger partial charge in [-0.2, -0.15) is 0 Å².